The highest BCUT2D eigenvalue weighted by Crippen LogP contribution is 2.35. The SMILES string of the molecule is CCOC(=O)[C@@]1(CCOc2ccccc2)CCCN(C(=O)CCn2cncn2)C1. The molecule has 2 heterocycles. The Hall–Kier alpha value is -2.90. The van der Waals surface area contributed by atoms with Crippen molar-refractivity contribution >= 4 is 11.9 Å². The molecule has 1 aliphatic heterocycles. The van der Waals surface area contributed by atoms with Gasteiger partial charge in [-0.2, -0.15) is 5.10 Å². The fraction of sp³-hybridized carbons (Fsp3) is 0.524. The van der Waals surface area contributed by atoms with Crippen molar-refractivity contribution in [3.8, 4) is 5.75 Å². The molecule has 0 aliphatic carbocycles. The minimum Gasteiger partial charge on any atom is -0.494 e. The van der Waals surface area contributed by atoms with E-state index in [1.807, 2.05) is 30.3 Å². The summed E-state index contributed by atoms with van der Waals surface area (Å²) < 4.78 is 12.8. The summed E-state index contributed by atoms with van der Waals surface area (Å²) in [6, 6.07) is 9.52. The van der Waals surface area contributed by atoms with Crippen molar-refractivity contribution in [1.29, 1.82) is 0 Å². The number of hydrogen-bond donors (Lipinski definition) is 0. The lowest BCUT2D eigenvalue weighted by molar-refractivity contribution is -0.162. The summed E-state index contributed by atoms with van der Waals surface area (Å²) in [6.45, 7) is 4.00. The van der Waals surface area contributed by atoms with Gasteiger partial charge < -0.3 is 14.4 Å². The van der Waals surface area contributed by atoms with Gasteiger partial charge >= 0.3 is 5.97 Å². The Bertz CT molecular complexity index is 781. The van der Waals surface area contributed by atoms with Gasteiger partial charge in [0, 0.05) is 19.5 Å². The van der Waals surface area contributed by atoms with Gasteiger partial charge in [-0.1, -0.05) is 18.2 Å². The quantitative estimate of drug-likeness (QED) is 0.601. The number of amides is 1. The Labute approximate surface area is 170 Å². The number of carbonyl (C=O) groups is 2. The van der Waals surface area contributed by atoms with Crippen molar-refractivity contribution in [2.45, 2.75) is 39.2 Å². The Morgan fingerprint density at radius 3 is 2.79 bits per heavy atom. The predicted octanol–water partition coefficient (Wildman–Crippen LogP) is 2.31. The van der Waals surface area contributed by atoms with Crippen molar-refractivity contribution in [3.05, 3.63) is 43.0 Å². The number of hydrogen-bond acceptors (Lipinski definition) is 6. The molecule has 2 aromatic rings. The zero-order valence-electron chi connectivity index (χ0n) is 16.8. The molecule has 8 heteroatoms. The average molecular weight is 400 g/mol. The minimum atomic E-state index is -0.730. The standard InChI is InChI=1S/C21H28N4O4/c1-2-28-20(27)21(11-14-29-18-7-4-3-5-8-18)10-6-12-24(15-21)19(26)9-13-25-17-22-16-23-25/h3-5,7-8,16-17H,2,6,9-15H2,1H3/t21-/m1/s1. The van der Waals surface area contributed by atoms with Gasteiger partial charge in [0.25, 0.3) is 0 Å². The summed E-state index contributed by atoms with van der Waals surface area (Å²) in [5.74, 6) is 0.534. The predicted molar refractivity (Wildman–Crippen MR) is 106 cm³/mol. The van der Waals surface area contributed by atoms with Crippen LogP contribution >= 0.6 is 0 Å². The van der Waals surface area contributed by atoms with Gasteiger partial charge in [-0.15, -0.1) is 0 Å². The first-order valence-corrected chi connectivity index (χ1v) is 10.1. The number of likely N-dealkylation sites (tertiary alicyclic amines) is 1. The number of piperidine rings is 1. The van der Waals surface area contributed by atoms with Crippen LogP contribution in [0.15, 0.2) is 43.0 Å². The van der Waals surface area contributed by atoms with E-state index in [2.05, 4.69) is 10.1 Å². The Kier molecular flexibility index (Phi) is 7.21. The van der Waals surface area contributed by atoms with Gasteiger partial charge in [-0.3, -0.25) is 14.3 Å². The largest absolute Gasteiger partial charge is 0.494 e. The van der Waals surface area contributed by atoms with Crippen LogP contribution in [0.4, 0.5) is 0 Å². The van der Waals surface area contributed by atoms with Crippen LogP contribution in [0.25, 0.3) is 0 Å². The van der Waals surface area contributed by atoms with Gasteiger partial charge in [0.1, 0.15) is 18.4 Å². The molecule has 1 aromatic heterocycles. The number of para-hydroxylation sites is 1. The topological polar surface area (TPSA) is 86.5 Å². The van der Waals surface area contributed by atoms with Crippen molar-refractivity contribution in [3.63, 3.8) is 0 Å². The summed E-state index contributed by atoms with van der Waals surface area (Å²) in [7, 11) is 0. The van der Waals surface area contributed by atoms with E-state index in [9.17, 15) is 9.59 Å². The number of benzene rings is 1. The Morgan fingerprint density at radius 2 is 2.07 bits per heavy atom. The summed E-state index contributed by atoms with van der Waals surface area (Å²) in [5, 5.41) is 4.03. The number of esters is 1. The normalized spacial score (nSPS) is 19.0. The zero-order chi connectivity index (χ0) is 20.5. The third-order valence-corrected chi connectivity index (χ3v) is 5.25. The molecule has 0 N–H and O–H groups in total. The van der Waals surface area contributed by atoms with Crippen LogP contribution in [0.1, 0.15) is 32.6 Å². The van der Waals surface area contributed by atoms with Crippen LogP contribution in [0.2, 0.25) is 0 Å². The fourth-order valence-corrected chi connectivity index (χ4v) is 3.70. The molecule has 1 aliphatic rings. The van der Waals surface area contributed by atoms with Gasteiger partial charge in [0.2, 0.25) is 5.91 Å². The molecule has 0 radical (unpaired) electrons. The van der Waals surface area contributed by atoms with Crippen LogP contribution in [0.3, 0.4) is 0 Å². The van der Waals surface area contributed by atoms with Crippen LogP contribution in [-0.2, 0) is 20.9 Å². The first kappa shape index (κ1) is 20.8. The molecule has 1 aromatic carbocycles. The van der Waals surface area contributed by atoms with E-state index in [-0.39, 0.29) is 11.9 Å². The minimum absolute atomic E-state index is 0.0119. The van der Waals surface area contributed by atoms with Crippen molar-refractivity contribution in [2.24, 2.45) is 5.41 Å². The average Bonchev–Trinajstić information content (AvgIpc) is 3.27. The maximum atomic E-state index is 12.8. The molecule has 0 saturated carbocycles. The van der Waals surface area contributed by atoms with E-state index in [4.69, 9.17) is 9.47 Å². The highest BCUT2D eigenvalue weighted by Gasteiger charge is 2.44. The number of carbonyl (C=O) groups excluding carboxylic acids is 2. The molecular formula is C21H28N4O4. The van der Waals surface area contributed by atoms with Gasteiger partial charge in [0.15, 0.2) is 0 Å². The van der Waals surface area contributed by atoms with Crippen LogP contribution < -0.4 is 4.74 Å². The second-order valence-corrected chi connectivity index (χ2v) is 7.24. The number of rotatable bonds is 9. The number of ether oxygens (including phenoxy) is 2. The lowest BCUT2D eigenvalue weighted by Gasteiger charge is -2.41. The van der Waals surface area contributed by atoms with Gasteiger partial charge in [0.05, 0.1) is 25.2 Å². The van der Waals surface area contributed by atoms with E-state index in [0.29, 0.717) is 52.1 Å². The number of nitrogens with zero attached hydrogens (tertiary/aromatic N) is 4. The van der Waals surface area contributed by atoms with E-state index in [1.54, 1.807) is 22.8 Å². The highest BCUT2D eigenvalue weighted by molar-refractivity contribution is 5.80. The second kappa shape index (κ2) is 10.0. The highest BCUT2D eigenvalue weighted by atomic mass is 16.5. The van der Waals surface area contributed by atoms with Crippen molar-refractivity contribution in [2.75, 3.05) is 26.3 Å². The third kappa shape index (κ3) is 5.56. The smallest absolute Gasteiger partial charge is 0.314 e. The summed E-state index contributed by atoms with van der Waals surface area (Å²) >= 11 is 0. The lowest BCUT2D eigenvalue weighted by atomic mass is 9.77. The van der Waals surface area contributed by atoms with Crippen LogP contribution in [0.5, 0.6) is 5.75 Å². The molecule has 0 unspecified atom stereocenters. The van der Waals surface area contributed by atoms with Crippen LogP contribution in [-0.4, -0.2) is 57.8 Å². The van der Waals surface area contributed by atoms with E-state index < -0.39 is 5.41 Å². The molecule has 3 rings (SSSR count). The number of aryl methyl sites for hydroxylation is 1. The molecule has 1 atom stereocenters. The number of aromatic nitrogens is 3. The molecule has 1 fully saturated rings. The second-order valence-electron chi connectivity index (χ2n) is 7.24. The van der Waals surface area contributed by atoms with E-state index in [1.165, 1.54) is 6.33 Å². The van der Waals surface area contributed by atoms with Crippen molar-refractivity contribution < 1.29 is 19.1 Å². The molecule has 0 bridgehead atoms. The fourth-order valence-electron chi connectivity index (χ4n) is 3.70. The maximum absolute atomic E-state index is 12.8. The molecular weight excluding hydrogens is 372 g/mol. The Balaban J connectivity index is 1.62. The molecule has 8 nitrogen and oxygen atoms in total. The molecule has 1 amide bonds. The van der Waals surface area contributed by atoms with Crippen LogP contribution in [0, 0.1) is 5.41 Å². The molecule has 0 spiro atoms. The Morgan fingerprint density at radius 1 is 1.24 bits per heavy atom. The van der Waals surface area contributed by atoms with Gasteiger partial charge in [-0.05, 0) is 38.3 Å². The zero-order valence-corrected chi connectivity index (χ0v) is 16.8. The summed E-state index contributed by atoms with van der Waals surface area (Å²) in [4.78, 5) is 31.2. The monoisotopic (exact) mass is 400 g/mol. The summed E-state index contributed by atoms with van der Waals surface area (Å²) in [5.41, 5.74) is -0.730. The molecule has 29 heavy (non-hydrogen) atoms. The maximum Gasteiger partial charge on any atom is 0.314 e. The first-order valence-electron chi connectivity index (χ1n) is 10.1. The third-order valence-electron chi connectivity index (χ3n) is 5.25. The van der Waals surface area contributed by atoms with Crippen molar-refractivity contribution in [1.82, 2.24) is 19.7 Å². The van der Waals surface area contributed by atoms with E-state index in [0.717, 1.165) is 12.2 Å². The van der Waals surface area contributed by atoms with E-state index >= 15 is 0 Å². The lowest BCUT2D eigenvalue weighted by Crippen LogP contribution is -2.51. The molecule has 156 valence electrons. The molecule has 1 saturated heterocycles. The first-order chi connectivity index (χ1) is 14.1. The summed E-state index contributed by atoms with van der Waals surface area (Å²) in [6.07, 6.45) is 5.32. The van der Waals surface area contributed by atoms with Gasteiger partial charge in [-0.25, -0.2) is 4.98 Å².